The van der Waals surface area contributed by atoms with Crippen molar-refractivity contribution in [1.82, 2.24) is 4.98 Å². The number of nitrogens with zero attached hydrogens (tertiary/aromatic N) is 2. The van der Waals surface area contributed by atoms with Crippen LogP contribution in [-0.4, -0.2) is 11.5 Å². The van der Waals surface area contributed by atoms with Gasteiger partial charge in [0.2, 0.25) is 0 Å². The summed E-state index contributed by atoms with van der Waals surface area (Å²) in [7, 11) is 0. The summed E-state index contributed by atoms with van der Waals surface area (Å²) in [4.78, 5) is 6.94. The van der Waals surface area contributed by atoms with E-state index >= 15 is 0 Å². The van der Waals surface area contributed by atoms with Crippen molar-refractivity contribution in [3.8, 4) is 0 Å². The van der Waals surface area contributed by atoms with Crippen LogP contribution in [-0.2, 0) is 11.8 Å². The molecule has 1 atom stereocenters. The topological polar surface area (TPSA) is 16.1 Å². The second-order valence-electron chi connectivity index (χ2n) is 5.21. The number of anilines is 2. The van der Waals surface area contributed by atoms with E-state index in [9.17, 15) is 0 Å². The normalized spacial score (nSPS) is 18.2. The third-order valence-corrected chi connectivity index (χ3v) is 4.23. The average molecular weight is 317 g/mol. The summed E-state index contributed by atoms with van der Waals surface area (Å²) in [6.07, 6.45) is 3.11. The van der Waals surface area contributed by atoms with E-state index < -0.39 is 0 Å². The van der Waals surface area contributed by atoms with Gasteiger partial charge in [-0.3, -0.25) is 0 Å². The molecule has 1 unspecified atom stereocenters. The quantitative estimate of drug-likeness (QED) is 0.768. The van der Waals surface area contributed by atoms with Crippen molar-refractivity contribution in [2.45, 2.75) is 18.7 Å². The van der Waals surface area contributed by atoms with Gasteiger partial charge in [0.05, 0.1) is 0 Å². The van der Waals surface area contributed by atoms with Gasteiger partial charge in [-0.1, -0.05) is 47.1 Å². The molecule has 0 spiro atoms. The van der Waals surface area contributed by atoms with Crippen LogP contribution in [0.15, 0.2) is 42.6 Å². The molecule has 0 fully saturated rings. The minimum atomic E-state index is 0.660. The van der Waals surface area contributed by atoms with Crippen LogP contribution in [0.5, 0.6) is 0 Å². The first kappa shape index (κ1) is 12.7. The monoisotopic (exact) mass is 316 g/mol. The van der Waals surface area contributed by atoms with Crippen molar-refractivity contribution >= 4 is 27.4 Å². The van der Waals surface area contributed by atoms with Crippen molar-refractivity contribution in [3.63, 3.8) is 0 Å². The highest BCUT2D eigenvalue weighted by molar-refractivity contribution is 9.08. The number of rotatable bonds is 2. The molecule has 0 saturated carbocycles. The maximum Gasteiger partial charge on any atom is 0.132 e. The first-order chi connectivity index (χ1) is 9.28. The molecule has 19 heavy (non-hydrogen) atoms. The fraction of sp³-hybridized carbons (Fsp3) is 0.312. The van der Waals surface area contributed by atoms with Gasteiger partial charge in [-0.2, -0.15) is 0 Å². The van der Waals surface area contributed by atoms with Crippen molar-refractivity contribution in [1.29, 1.82) is 0 Å². The van der Waals surface area contributed by atoms with Crippen LogP contribution in [0.3, 0.4) is 0 Å². The number of pyridine rings is 1. The molecular weight excluding hydrogens is 300 g/mol. The zero-order valence-corrected chi connectivity index (χ0v) is 12.6. The fourth-order valence-electron chi connectivity index (χ4n) is 2.67. The van der Waals surface area contributed by atoms with Gasteiger partial charge in [-0.15, -0.1) is 0 Å². The second kappa shape index (κ2) is 5.33. The van der Waals surface area contributed by atoms with Crippen molar-refractivity contribution in [2.24, 2.45) is 5.92 Å². The van der Waals surface area contributed by atoms with E-state index in [4.69, 9.17) is 0 Å². The predicted octanol–water partition coefficient (Wildman–Crippen LogP) is 4.31. The molecule has 1 aromatic carbocycles. The molecule has 2 aromatic rings. The third-order valence-electron chi connectivity index (χ3n) is 3.59. The van der Waals surface area contributed by atoms with Crippen LogP contribution in [0.1, 0.15) is 18.1 Å². The van der Waals surface area contributed by atoms with Gasteiger partial charge in [-0.05, 0) is 35.6 Å². The fourth-order valence-corrected chi connectivity index (χ4v) is 3.00. The molecule has 0 bridgehead atoms. The zero-order valence-electron chi connectivity index (χ0n) is 11.0. The lowest BCUT2D eigenvalue weighted by molar-refractivity contribution is 0.560. The SMILES string of the molecule is CC1Cc2ccccc2N(c2ccc(CBr)cn2)C1. The Morgan fingerprint density at radius 1 is 1.26 bits per heavy atom. The number of alkyl halides is 1. The summed E-state index contributed by atoms with van der Waals surface area (Å²) in [5.74, 6) is 1.70. The molecule has 0 saturated heterocycles. The molecule has 98 valence electrons. The lowest BCUT2D eigenvalue weighted by Gasteiger charge is -2.34. The Labute approximate surface area is 122 Å². The Kier molecular flexibility index (Phi) is 3.56. The number of fused-ring (bicyclic) bond motifs is 1. The number of hydrogen-bond donors (Lipinski definition) is 0. The second-order valence-corrected chi connectivity index (χ2v) is 5.77. The third kappa shape index (κ3) is 2.52. The molecule has 1 aromatic heterocycles. The molecule has 1 aliphatic heterocycles. The van der Waals surface area contributed by atoms with Crippen LogP contribution in [0, 0.1) is 5.92 Å². The molecule has 1 aliphatic rings. The Balaban J connectivity index is 1.99. The van der Waals surface area contributed by atoms with E-state index in [2.05, 4.69) is 69.1 Å². The summed E-state index contributed by atoms with van der Waals surface area (Å²) < 4.78 is 0. The lowest BCUT2D eigenvalue weighted by Crippen LogP contribution is -2.30. The molecule has 3 heteroatoms. The summed E-state index contributed by atoms with van der Waals surface area (Å²) >= 11 is 3.46. The summed E-state index contributed by atoms with van der Waals surface area (Å²) in [5, 5.41) is 0.854. The highest BCUT2D eigenvalue weighted by atomic mass is 79.9. The number of aromatic nitrogens is 1. The van der Waals surface area contributed by atoms with E-state index in [0.29, 0.717) is 5.92 Å². The average Bonchev–Trinajstić information content (AvgIpc) is 2.46. The van der Waals surface area contributed by atoms with Crippen LogP contribution in [0.2, 0.25) is 0 Å². The van der Waals surface area contributed by atoms with E-state index in [1.165, 1.54) is 16.8 Å². The number of hydrogen-bond acceptors (Lipinski definition) is 2. The summed E-state index contributed by atoms with van der Waals surface area (Å²) in [5.41, 5.74) is 3.94. The highest BCUT2D eigenvalue weighted by Crippen LogP contribution is 2.34. The Morgan fingerprint density at radius 3 is 2.84 bits per heavy atom. The van der Waals surface area contributed by atoms with Gasteiger partial charge in [0.15, 0.2) is 0 Å². The van der Waals surface area contributed by atoms with E-state index in [1.807, 2.05) is 6.20 Å². The van der Waals surface area contributed by atoms with Gasteiger partial charge >= 0.3 is 0 Å². The van der Waals surface area contributed by atoms with Gasteiger partial charge in [0, 0.05) is 23.8 Å². The lowest BCUT2D eigenvalue weighted by atomic mass is 9.94. The summed E-state index contributed by atoms with van der Waals surface area (Å²) in [6.45, 7) is 3.34. The minimum Gasteiger partial charge on any atom is -0.326 e. The van der Waals surface area contributed by atoms with Crippen LogP contribution < -0.4 is 4.90 Å². The molecule has 0 amide bonds. The maximum atomic E-state index is 4.60. The van der Waals surface area contributed by atoms with Gasteiger partial charge < -0.3 is 4.90 Å². The van der Waals surface area contributed by atoms with Crippen LogP contribution in [0.4, 0.5) is 11.5 Å². The van der Waals surface area contributed by atoms with Crippen molar-refractivity contribution in [2.75, 3.05) is 11.4 Å². The molecule has 0 radical (unpaired) electrons. The number of halogens is 1. The van der Waals surface area contributed by atoms with Crippen LogP contribution in [0.25, 0.3) is 0 Å². The zero-order chi connectivity index (χ0) is 13.2. The first-order valence-corrected chi connectivity index (χ1v) is 7.76. The maximum absolute atomic E-state index is 4.60. The molecule has 0 N–H and O–H groups in total. The summed E-state index contributed by atoms with van der Waals surface area (Å²) in [6, 6.07) is 12.9. The Bertz CT molecular complexity index is 565. The van der Waals surface area contributed by atoms with Crippen molar-refractivity contribution < 1.29 is 0 Å². The smallest absolute Gasteiger partial charge is 0.132 e. The molecule has 2 heterocycles. The van der Waals surface area contributed by atoms with E-state index in [1.54, 1.807) is 0 Å². The highest BCUT2D eigenvalue weighted by Gasteiger charge is 2.22. The van der Waals surface area contributed by atoms with E-state index in [0.717, 1.165) is 24.1 Å². The number of para-hydroxylation sites is 1. The van der Waals surface area contributed by atoms with Crippen LogP contribution >= 0.6 is 15.9 Å². The van der Waals surface area contributed by atoms with Gasteiger partial charge in [-0.25, -0.2) is 4.98 Å². The Morgan fingerprint density at radius 2 is 2.11 bits per heavy atom. The molecular formula is C16H17BrN2. The standard InChI is InChI=1S/C16H17BrN2/c1-12-8-14-4-2-3-5-15(14)19(11-12)16-7-6-13(9-17)10-18-16/h2-7,10,12H,8-9,11H2,1H3. The Hall–Kier alpha value is -1.35. The molecule has 2 nitrogen and oxygen atoms in total. The number of benzene rings is 1. The largest absolute Gasteiger partial charge is 0.326 e. The van der Waals surface area contributed by atoms with Gasteiger partial charge in [0.25, 0.3) is 0 Å². The molecule has 0 aliphatic carbocycles. The molecule has 3 rings (SSSR count). The minimum absolute atomic E-state index is 0.660. The predicted molar refractivity (Wildman–Crippen MR) is 83.2 cm³/mol. The van der Waals surface area contributed by atoms with Gasteiger partial charge in [0.1, 0.15) is 5.82 Å². The first-order valence-electron chi connectivity index (χ1n) is 6.64. The van der Waals surface area contributed by atoms with E-state index in [-0.39, 0.29) is 0 Å². The van der Waals surface area contributed by atoms with Crippen molar-refractivity contribution in [3.05, 3.63) is 53.7 Å².